The molecular formula is C27H30Cl2F2N4O2. The predicted molar refractivity (Wildman–Crippen MR) is 145 cm³/mol. The lowest BCUT2D eigenvalue weighted by Gasteiger charge is -2.30. The topological polar surface area (TPSA) is 60.1 Å². The molecule has 0 amide bonds. The lowest BCUT2D eigenvalue weighted by atomic mass is 9.88. The summed E-state index contributed by atoms with van der Waals surface area (Å²) in [6.45, 7) is 3.07. The average molecular weight is 551 g/mol. The zero-order valence-electron chi connectivity index (χ0n) is 20.4. The van der Waals surface area contributed by atoms with E-state index in [9.17, 15) is 18.4 Å². The first kappa shape index (κ1) is 28.8. The van der Waals surface area contributed by atoms with Crippen LogP contribution in [-0.2, 0) is 19.5 Å². The van der Waals surface area contributed by atoms with Crippen LogP contribution in [0, 0.1) is 11.6 Å². The number of aromatic nitrogens is 3. The van der Waals surface area contributed by atoms with Crippen LogP contribution in [0.5, 0.6) is 0 Å². The van der Waals surface area contributed by atoms with E-state index in [4.69, 9.17) is 0 Å². The molecular weight excluding hydrogens is 521 g/mol. The van der Waals surface area contributed by atoms with Gasteiger partial charge in [-0.1, -0.05) is 29.8 Å². The van der Waals surface area contributed by atoms with Gasteiger partial charge in [-0.3, -0.25) is 4.57 Å². The number of aryl methyl sites for hydroxylation is 1. The molecule has 2 aromatic carbocycles. The van der Waals surface area contributed by atoms with E-state index in [-0.39, 0.29) is 42.1 Å². The van der Waals surface area contributed by atoms with Gasteiger partial charge in [0, 0.05) is 39.1 Å². The van der Waals surface area contributed by atoms with Crippen molar-refractivity contribution in [2.24, 2.45) is 0 Å². The first-order chi connectivity index (χ1) is 17.0. The molecule has 0 spiro atoms. The molecule has 0 N–H and O–H groups in total. The Hall–Kier alpha value is -2.81. The monoisotopic (exact) mass is 550 g/mol. The van der Waals surface area contributed by atoms with Crippen LogP contribution < -0.4 is 11.4 Å². The first-order valence-electron chi connectivity index (χ1n) is 12.2. The Balaban J connectivity index is 0.00000190. The normalized spacial score (nSPS) is 15.4. The molecule has 0 aliphatic carbocycles. The highest BCUT2D eigenvalue weighted by atomic mass is 35.5. The predicted octanol–water partition coefficient (Wildman–Crippen LogP) is 4.46. The van der Waals surface area contributed by atoms with Crippen LogP contribution in [0.1, 0.15) is 42.6 Å². The fourth-order valence-electron chi connectivity index (χ4n) is 5.07. The van der Waals surface area contributed by atoms with Crippen LogP contribution in [0.3, 0.4) is 0 Å². The fourth-order valence-corrected chi connectivity index (χ4v) is 5.07. The molecule has 0 radical (unpaired) electrons. The van der Waals surface area contributed by atoms with Crippen molar-refractivity contribution >= 4 is 30.4 Å². The summed E-state index contributed by atoms with van der Waals surface area (Å²) in [7, 11) is 0. The second-order valence-electron chi connectivity index (χ2n) is 9.19. The smallest absolute Gasteiger partial charge is 0.301 e. The maximum Gasteiger partial charge on any atom is 0.353 e. The minimum absolute atomic E-state index is 0. The van der Waals surface area contributed by atoms with Gasteiger partial charge in [0.25, 0.3) is 0 Å². The summed E-state index contributed by atoms with van der Waals surface area (Å²) < 4.78 is 30.0. The van der Waals surface area contributed by atoms with E-state index in [0.29, 0.717) is 31.9 Å². The minimum Gasteiger partial charge on any atom is -0.301 e. The number of fused-ring (bicyclic) bond motifs is 1. The third-order valence-corrected chi connectivity index (χ3v) is 6.98. The van der Waals surface area contributed by atoms with Gasteiger partial charge in [0.15, 0.2) is 0 Å². The highest BCUT2D eigenvalue weighted by Gasteiger charge is 2.21. The number of benzene rings is 2. The summed E-state index contributed by atoms with van der Waals surface area (Å²) in [5, 5.41) is 0. The van der Waals surface area contributed by atoms with Gasteiger partial charge in [-0.25, -0.2) is 22.9 Å². The van der Waals surface area contributed by atoms with Crippen LogP contribution in [0.4, 0.5) is 8.78 Å². The van der Waals surface area contributed by atoms with Crippen LogP contribution in [0.15, 0.2) is 63.7 Å². The van der Waals surface area contributed by atoms with Crippen molar-refractivity contribution < 1.29 is 8.78 Å². The Labute approximate surface area is 226 Å². The summed E-state index contributed by atoms with van der Waals surface area (Å²) in [5.74, 6) is 0.00838. The van der Waals surface area contributed by atoms with Crippen LogP contribution >= 0.6 is 24.8 Å². The van der Waals surface area contributed by atoms with E-state index < -0.39 is 5.69 Å². The molecule has 3 aromatic rings. The van der Waals surface area contributed by atoms with E-state index in [1.807, 2.05) is 0 Å². The molecule has 0 atom stereocenters. The number of hydrogen-bond donors (Lipinski definition) is 0. The fraction of sp³-hybridized carbons (Fsp3) is 0.370. The maximum absolute atomic E-state index is 13.5. The molecule has 1 aromatic heterocycles. The third kappa shape index (κ3) is 6.37. The SMILES string of the molecule is Cl.Cl.O=c1nc2n(c(=O)n1CCN1CCC(=C(c3ccc(F)cc3)c3ccc(F)cc3)CC1)CCCC2. The van der Waals surface area contributed by atoms with Gasteiger partial charge in [-0.15, -0.1) is 24.8 Å². The number of nitrogens with zero attached hydrogens (tertiary/aromatic N) is 4. The summed E-state index contributed by atoms with van der Waals surface area (Å²) in [6, 6.07) is 12.8. The molecule has 5 rings (SSSR count). The van der Waals surface area contributed by atoms with Gasteiger partial charge in [-0.2, -0.15) is 4.98 Å². The second-order valence-corrected chi connectivity index (χ2v) is 9.19. The molecule has 2 aliphatic heterocycles. The minimum atomic E-state index is -0.462. The zero-order valence-corrected chi connectivity index (χ0v) is 22.0. The van der Waals surface area contributed by atoms with Crippen molar-refractivity contribution in [1.29, 1.82) is 0 Å². The Kier molecular flexibility index (Phi) is 9.81. The van der Waals surface area contributed by atoms with Crippen molar-refractivity contribution in [3.8, 4) is 0 Å². The van der Waals surface area contributed by atoms with Crippen molar-refractivity contribution in [3.63, 3.8) is 0 Å². The number of halogens is 4. The highest BCUT2D eigenvalue weighted by molar-refractivity contribution is 5.85. The van der Waals surface area contributed by atoms with Gasteiger partial charge in [0.1, 0.15) is 17.5 Å². The highest BCUT2D eigenvalue weighted by Crippen LogP contribution is 2.32. The van der Waals surface area contributed by atoms with E-state index >= 15 is 0 Å². The lowest BCUT2D eigenvalue weighted by molar-refractivity contribution is 0.242. The van der Waals surface area contributed by atoms with Gasteiger partial charge in [0.05, 0.1) is 0 Å². The molecule has 10 heteroatoms. The van der Waals surface area contributed by atoms with Crippen LogP contribution in [0.2, 0.25) is 0 Å². The summed E-state index contributed by atoms with van der Waals surface area (Å²) in [6.07, 6.45) is 4.15. The molecule has 0 unspecified atom stereocenters. The Morgan fingerprint density at radius 3 is 1.89 bits per heavy atom. The maximum atomic E-state index is 13.5. The lowest BCUT2D eigenvalue weighted by Crippen LogP contribution is -2.46. The van der Waals surface area contributed by atoms with Crippen molar-refractivity contribution in [3.05, 3.63) is 104 Å². The average Bonchev–Trinajstić information content (AvgIpc) is 2.87. The molecule has 198 valence electrons. The van der Waals surface area contributed by atoms with E-state index in [1.165, 1.54) is 34.4 Å². The van der Waals surface area contributed by atoms with E-state index in [0.717, 1.165) is 55.5 Å². The number of hydrogen-bond acceptors (Lipinski definition) is 4. The number of rotatable bonds is 5. The van der Waals surface area contributed by atoms with Crippen molar-refractivity contribution in [2.45, 2.75) is 45.2 Å². The molecule has 1 saturated heterocycles. The van der Waals surface area contributed by atoms with Crippen molar-refractivity contribution in [2.75, 3.05) is 19.6 Å². The van der Waals surface area contributed by atoms with Crippen LogP contribution in [-0.4, -0.2) is 38.7 Å². The van der Waals surface area contributed by atoms with Gasteiger partial charge in [-0.05, 0) is 66.6 Å². The molecule has 0 saturated carbocycles. The molecule has 2 aliphatic rings. The van der Waals surface area contributed by atoms with Gasteiger partial charge >= 0.3 is 11.4 Å². The standard InChI is InChI=1S/C27H28F2N4O2.2ClH/c28-22-8-4-19(5-9-22)25(20-6-10-23(29)11-7-20)21-12-15-31(16-13-21)17-18-33-26(34)30-24-3-1-2-14-32(24)27(33)35;;/h4-11H,1-3,12-18H2;2*1H. The quantitative estimate of drug-likeness (QED) is 0.470. The molecule has 6 nitrogen and oxygen atoms in total. The zero-order chi connectivity index (χ0) is 24.4. The Bertz CT molecular complexity index is 1310. The summed E-state index contributed by atoms with van der Waals surface area (Å²) in [5.41, 5.74) is 3.33. The van der Waals surface area contributed by atoms with Gasteiger partial charge in [0.2, 0.25) is 0 Å². The number of piperidine rings is 1. The van der Waals surface area contributed by atoms with E-state index in [1.54, 1.807) is 28.8 Å². The second kappa shape index (κ2) is 12.6. The molecule has 0 bridgehead atoms. The largest absolute Gasteiger partial charge is 0.353 e. The number of likely N-dealkylation sites (tertiary alicyclic amines) is 1. The Morgan fingerprint density at radius 1 is 0.757 bits per heavy atom. The molecule has 1 fully saturated rings. The van der Waals surface area contributed by atoms with Crippen molar-refractivity contribution in [1.82, 2.24) is 19.0 Å². The van der Waals surface area contributed by atoms with Crippen LogP contribution in [0.25, 0.3) is 5.57 Å². The summed E-state index contributed by atoms with van der Waals surface area (Å²) >= 11 is 0. The van der Waals surface area contributed by atoms with Gasteiger partial charge < -0.3 is 4.90 Å². The molecule has 3 heterocycles. The molecule has 37 heavy (non-hydrogen) atoms. The summed E-state index contributed by atoms with van der Waals surface area (Å²) in [4.78, 5) is 31.7. The first-order valence-corrected chi connectivity index (χ1v) is 12.2. The Morgan fingerprint density at radius 2 is 1.32 bits per heavy atom. The third-order valence-electron chi connectivity index (χ3n) is 6.98. The van der Waals surface area contributed by atoms with E-state index in [2.05, 4.69) is 9.88 Å².